The van der Waals surface area contributed by atoms with Gasteiger partial charge in [-0.15, -0.1) is 5.10 Å². The average Bonchev–Trinajstić information content (AvgIpc) is 3.34. The maximum Gasteiger partial charge on any atom is 0.242 e. The second-order valence-corrected chi connectivity index (χ2v) is 7.82. The van der Waals surface area contributed by atoms with Crippen molar-refractivity contribution in [2.75, 3.05) is 6.61 Å². The molecule has 6 nitrogen and oxygen atoms in total. The standard InChI is InChI=1S/C19H23ClN4O2/c20-18-21-16(22-23-18)8-9-17(26)24-14-6-7-15(24)19(11-14,12-25)10-13-4-2-1-3-5-13/h1-5,14-15,25H,6-12H2,(H,21,22,23)/t14-,15+,19-/m1/s1. The fraction of sp³-hybridized carbons (Fsp3) is 0.526. The Balaban J connectivity index is 1.47. The van der Waals surface area contributed by atoms with E-state index in [-0.39, 0.29) is 35.3 Å². The number of hydrogen-bond acceptors (Lipinski definition) is 4. The predicted molar refractivity (Wildman–Crippen MR) is 97.7 cm³/mol. The van der Waals surface area contributed by atoms with Gasteiger partial charge >= 0.3 is 0 Å². The first kappa shape index (κ1) is 17.5. The molecule has 7 heteroatoms. The van der Waals surface area contributed by atoms with Gasteiger partial charge in [0.15, 0.2) is 0 Å². The van der Waals surface area contributed by atoms with Crippen LogP contribution >= 0.6 is 11.6 Å². The molecule has 3 heterocycles. The summed E-state index contributed by atoms with van der Waals surface area (Å²) in [5, 5.41) is 16.9. The summed E-state index contributed by atoms with van der Waals surface area (Å²) >= 11 is 5.72. The van der Waals surface area contributed by atoms with E-state index in [4.69, 9.17) is 11.6 Å². The van der Waals surface area contributed by atoms with Gasteiger partial charge < -0.3 is 10.0 Å². The summed E-state index contributed by atoms with van der Waals surface area (Å²) in [6.45, 7) is 0.116. The fourth-order valence-corrected chi connectivity index (χ4v) is 4.97. The zero-order valence-corrected chi connectivity index (χ0v) is 15.3. The van der Waals surface area contributed by atoms with Crippen molar-refractivity contribution >= 4 is 17.5 Å². The Morgan fingerprint density at radius 3 is 2.85 bits per heavy atom. The molecule has 1 aromatic carbocycles. The van der Waals surface area contributed by atoms with E-state index >= 15 is 0 Å². The van der Waals surface area contributed by atoms with Crippen LogP contribution in [0.3, 0.4) is 0 Å². The molecule has 0 aliphatic carbocycles. The molecule has 2 aromatic rings. The molecule has 4 rings (SSSR count). The van der Waals surface area contributed by atoms with Crippen molar-refractivity contribution in [3.05, 3.63) is 47.0 Å². The maximum atomic E-state index is 12.9. The molecule has 3 atom stereocenters. The SMILES string of the molecule is O=C(CCc1nc(Cl)n[nH]1)N1[C@@H]2CC[C@H]1[C@](CO)(Cc1ccccc1)C2. The Kier molecular flexibility index (Phi) is 4.71. The summed E-state index contributed by atoms with van der Waals surface area (Å²) < 4.78 is 0. The van der Waals surface area contributed by atoms with Gasteiger partial charge in [-0.25, -0.2) is 4.98 Å². The molecule has 0 spiro atoms. The lowest BCUT2D eigenvalue weighted by atomic mass is 9.70. The second-order valence-electron chi connectivity index (χ2n) is 7.49. The van der Waals surface area contributed by atoms with Crippen LogP contribution in [-0.4, -0.2) is 49.8 Å². The van der Waals surface area contributed by atoms with E-state index in [1.807, 2.05) is 23.1 Å². The van der Waals surface area contributed by atoms with E-state index in [0.717, 1.165) is 25.7 Å². The zero-order valence-electron chi connectivity index (χ0n) is 14.6. The normalized spacial score (nSPS) is 27.2. The van der Waals surface area contributed by atoms with Crippen LogP contribution in [0.5, 0.6) is 0 Å². The van der Waals surface area contributed by atoms with E-state index in [0.29, 0.717) is 18.7 Å². The number of benzene rings is 1. The number of aliphatic hydroxyl groups excluding tert-OH is 1. The molecule has 2 bridgehead atoms. The highest BCUT2D eigenvalue weighted by molar-refractivity contribution is 6.28. The molecule has 1 aromatic heterocycles. The number of aromatic amines is 1. The minimum absolute atomic E-state index is 0.114. The number of hydrogen-bond donors (Lipinski definition) is 2. The van der Waals surface area contributed by atoms with Crippen molar-refractivity contribution in [3.63, 3.8) is 0 Å². The highest BCUT2D eigenvalue weighted by Crippen LogP contribution is 2.51. The Bertz CT molecular complexity index is 781. The summed E-state index contributed by atoms with van der Waals surface area (Å²) in [4.78, 5) is 19.0. The summed E-state index contributed by atoms with van der Waals surface area (Å²) in [5.41, 5.74) is 0.993. The predicted octanol–water partition coefficient (Wildman–Crippen LogP) is 2.38. The van der Waals surface area contributed by atoms with Gasteiger partial charge in [-0.1, -0.05) is 30.3 Å². The van der Waals surface area contributed by atoms with E-state index in [2.05, 4.69) is 27.3 Å². The molecule has 2 fully saturated rings. The van der Waals surface area contributed by atoms with E-state index in [1.54, 1.807) is 0 Å². The van der Waals surface area contributed by atoms with Gasteiger partial charge in [0.1, 0.15) is 5.82 Å². The van der Waals surface area contributed by atoms with Crippen molar-refractivity contribution < 1.29 is 9.90 Å². The molecule has 0 saturated carbocycles. The van der Waals surface area contributed by atoms with Crippen LogP contribution in [0.4, 0.5) is 0 Å². The third-order valence-corrected chi connectivity index (χ3v) is 6.10. The summed E-state index contributed by atoms with van der Waals surface area (Å²) in [7, 11) is 0. The van der Waals surface area contributed by atoms with Crippen LogP contribution in [0.25, 0.3) is 0 Å². The zero-order chi connectivity index (χ0) is 18.1. The van der Waals surface area contributed by atoms with Crippen LogP contribution in [0.1, 0.15) is 37.1 Å². The van der Waals surface area contributed by atoms with Gasteiger partial charge in [-0.05, 0) is 42.8 Å². The lowest BCUT2D eigenvalue weighted by Crippen LogP contribution is -2.44. The first-order valence-corrected chi connectivity index (χ1v) is 9.52. The highest BCUT2D eigenvalue weighted by atomic mass is 35.5. The molecule has 0 radical (unpaired) electrons. The molecular weight excluding hydrogens is 352 g/mol. The van der Waals surface area contributed by atoms with Crippen LogP contribution < -0.4 is 0 Å². The first-order chi connectivity index (χ1) is 12.6. The molecule has 1 amide bonds. The molecular formula is C19H23ClN4O2. The Hall–Kier alpha value is -1.92. The van der Waals surface area contributed by atoms with Crippen molar-refractivity contribution in [3.8, 4) is 0 Å². The maximum absolute atomic E-state index is 12.9. The molecule has 2 aliphatic rings. The Labute approximate surface area is 157 Å². The van der Waals surface area contributed by atoms with Crippen LogP contribution in [-0.2, 0) is 17.6 Å². The van der Waals surface area contributed by atoms with Gasteiger partial charge in [0, 0.05) is 30.3 Å². The topological polar surface area (TPSA) is 82.1 Å². The lowest BCUT2D eigenvalue weighted by molar-refractivity contribution is -0.133. The quantitative estimate of drug-likeness (QED) is 0.813. The number of carbonyl (C=O) groups is 1. The van der Waals surface area contributed by atoms with E-state index < -0.39 is 0 Å². The molecule has 0 unspecified atom stereocenters. The Morgan fingerprint density at radius 1 is 1.35 bits per heavy atom. The van der Waals surface area contributed by atoms with Crippen molar-refractivity contribution in [1.82, 2.24) is 20.1 Å². The van der Waals surface area contributed by atoms with Crippen LogP contribution in [0, 0.1) is 5.41 Å². The van der Waals surface area contributed by atoms with Gasteiger partial charge in [-0.3, -0.25) is 9.89 Å². The number of amides is 1. The van der Waals surface area contributed by atoms with Gasteiger partial charge in [0.2, 0.25) is 11.2 Å². The summed E-state index contributed by atoms with van der Waals surface area (Å²) in [5.74, 6) is 0.765. The van der Waals surface area contributed by atoms with Gasteiger partial charge in [0.25, 0.3) is 0 Å². The lowest BCUT2D eigenvalue weighted by Gasteiger charge is -2.36. The Morgan fingerprint density at radius 2 is 2.15 bits per heavy atom. The van der Waals surface area contributed by atoms with Crippen molar-refractivity contribution in [2.45, 2.75) is 50.6 Å². The fourth-order valence-electron chi connectivity index (χ4n) is 4.82. The number of aryl methyl sites for hydroxylation is 1. The van der Waals surface area contributed by atoms with Gasteiger partial charge in [-0.2, -0.15) is 0 Å². The number of nitrogens with zero attached hydrogens (tertiary/aromatic N) is 3. The molecule has 138 valence electrons. The largest absolute Gasteiger partial charge is 0.396 e. The number of fused-ring (bicyclic) bond motifs is 2. The van der Waals surface area contributed by atoms with Crippen molar-refractivity contribution in [2.24, 2.45) is 5.41 Å². The number of aliphatic hydroxyl groups is 1. The minimum atomic E-state index is -0.227. The smallest absolute Gasteiger partial charge is 0.242 e. The number of H-pyrrole nitrogens is 1. The second kappa shape index (κ2) is 7.00. The number of aromatic nitrogens is 3. The molecule has 2 aliphatic heterocycles. The third kappa shape index (κ3) is 3.12. The summed E-state index contributed by atoms with van der Waals surface area (Å²) in [6.07, 6.45) is 4.57. The number of nitrogens with one attached hydrogen (secondary N) is 1. The van der Waals surface area contributed by atoms with Gasteiger partial charge in [0.05, 0.1) is 6.61 Å². The molecule has 2 saturated heterocycles. The number of carbonyl (C=O) groups excluding carboxylic acids is 1. The number of rotatable bonds is 6. The van der Waals surface area contributed by atoms with Crippen LogP contribution in [0.15, 0.2) is 30.3 Å². The average molecular weight is 375 g/mol. The number of halogens is 1. The van der Waals surface area contributed by atoms with Crippen molar-refractivity contribution in [1.29, 1.82) is 0 Å². The monoisotopic (exact) mass is 374 g/mol. The molecule has 2 N–H and O–H groups in total. The third-order valence-electron chi connectivity index (χ3n) is 5.93. The summed E-state index contributed by atoms with van der Waals surface area (Å²) in [6, 6.07) is 10.6. The van der Waals surface area contributed by atoms with Crippen LogP contribution in [0.2, 0.25) is 5.28 Å². The first-order valence-electron chi connectivity index (χ1n) is 9.14. The van der Waals surface area contributed by atoms with E-state index in [1.165, 1.54) is 5.56 Å². The van der Waals surface area contributed by atoms with E-state index in [9.17, 15) is 9.90 Å². The highest BCUT2D eigenvalue weighted by Gasteiger charge is 2.56. The minimum Gasteiger partial charge on any atom is -0.396 e. The molecule has 26 heavy (non-hydrogen) atoms.